The molecule has 0 N–H and O–H groups in total. The van der Waals surface area contributed by atoms with Crippen LogP contribution in [0.2, 0.25) is 0 Å². The van der Waals surface area contributed by atoms with Gasteiger partial charge in [-0.3, -0.25) is 9.97 Å². The van der Waals surface area contributed by atoms with Gasteiger partial charge in [0.25, 0.3) is 0 Å². The van der Waals surface area contributed by atoms with Gasteiger partial charge in [0.1, 0.15) is 5.82 Å². The van der Waals surface area contributed by atoms with Crippen molar-refractivity contribution in [1.29, 1.82) is 0 Å². The number of para-hydroxylation sites is 4. The number of fused-ring (bicyclic) bond motifs is 4. The van der Waals surface area contributed by atoms with Crippen LogP contribution in [0.4, 0.5) is 22.7 Å². The molecule has 0 aliphatic carbocycles. The van der Waals surface area contributed by atoms with E-state index in [-0.39, 0.29) is 37.3 Å². The molecule has 334 valence electrons. The molecule has 0 amide bonds. The van der Waals surface area contributed by atoms with Crippen molar-refractivity contribution in [2.75, 3.05) is 9.80 Å². The van der Waals surface area contributed by atoms with Gasteiger partial charge in [-0.05, 0) is 92.9 Å². The molecule has 0 fully saturated rings. The predicted octanol–water partition coefficient (Wildman–Crippen LogP) is 15.0. The third kappa shape index (κ3) is 8.30. The summed E-state index contributed by atoms with van der Waals surface area (Å²) in [5.41, 5.74) is 13.1. The Hall–Kier alpha value is -6.56. The zero-order valence-electron chi connectivity index (χ0n) is 38.9. The molecular formula is C58H53N6OPt-3. The molecule has 9 aromatic rings. The average molecular weight is 1050 g/mol. The number of rotatable bonds is 7. The smallest absolute Gasteiger partial charge is 0.135 e. The van der Waals surface area contributed by atoms with Crippen LogP contribution in [0.1, 0.15) is 79.0 Å². The van der Waals surface area contributed by atoms with E-state index in [4.69, 9.17) is 19.7 Å². The van der Waals surface area contributed by atoms with Gasteiger partial charge in [-0.25, -0.2) is 4.98 Å². The molecule has 0 saturated heterocycles. The van der Waals surface area contributed by atoms with E-state index < -0.39 is 0 Å². The summed E-state index contributed by atoms with van der Waals surface area (Å²) < 4.78 is 8.85. The van der Waals surface area contributed by atoms with Gasteiger partial charge in [-0.2, -0.15) is 12.1 Å². The first kappa shape index (κ1) is 44.6. The van der Waals surface area contributed by atoms with Gasteiger partial charge < -0.3 is 19.1 Å². The largest absolute Gasteiger partial charge is 0.509 e. The van der Waals surface area contributed by atoms with Crippen molar-refractivity contribution >= 4 is 44.6 Å². The van der Waals surface area contributed by atoms with Crippen molar-refractivity contribution in [3.8, 4) is 39.8 Å². The number of hydrogen-bond donors (Lipinski definition) is 0. The Morgan fingerprint density at radius 3 is 1.68 bits per heavy atom. The first-order chi connectivity index (χ1) is 31.1. The predicted molar refractivity (Wildman–Crippen MR) is 267 cm³/mol. The number of aromatic nitrogens is 4. The van der Waals surface area contributed by atoms with Crippen LogP contribution >= 0.6 is 0 Å². The van der Waals surface area contributed by atoms with Gasteiger partial charge in [0.2, 0.25) is 0 Å². The third-order valence-electron chi connectivity index (χ3n) is 12.3. The summed E-state index contributed by atoms with van der Waals surface area (Å²) in [6.45, 7) is 22.3. The van der Waals surface area contributed by atoms with E-state index in [1.165, 1.54) is 16.7 Å². The first-order valence-corrected chi connectivity index (χ1v) is 22.3. The number of hydrogen-bond acceptors (Lipinski definition) is 6. The van der Waals surface area contributed by atoms with Gasteiger partial charge >= 0.3 is 0 Å². The van der Waals surface area contributed by atoms with Gasteiger partial charge in [0, 0.05) is 84.9 Å². The summed E-state index contributed by atoms with van der Waals surface area (Å²) in [5.74, 6) is 2.01. The van der Waals surface area contributed by atoms with Crippen LogP contribution in [0.25, 0.3) is 50.1 Å². The maximum Gasteiger partial charge on any atom is 0.135 e. The Kier molecular flexibility index (Phi) is 11.5. The van der Waals surface area contributed by atoms with Crippen LogP contribution < -0.4 is 14.5 Å². The van der Waals surface area contributed by atoms with Crippen LogP contribution in [0.5, 0.6) is 11.5 Å². The van der Waals surface area contributed by atoms with Crippen molar-refractivity contribution in [1.82, 2.24) is 19.5 Å². The molecule has 7 nitrogen and oxygen atoms in total. The maximum absolute atomic E-state index is 6.67. The number of ether oxygens (including phenoxy) is 1. The molecule has 4 aromatic heterocycles. The van der Waals surface area contributed by atoms with Crippen molar-refractivity contribution < 1.29 is 25.8 Å². The van der Waals surface area contributed by atoms with Gasteiger partial charge in [0.05, 0.1) is 11.4 Å². The zero-order valence-corrected chi connectivity index (χ0v) is 41.2. The standard InChI is InChI=1S/C58H53N6O.Pt/c1-56(2,3)38-26-29-59-48(32-38)46-19-15-20-47(49-33-39(27-30-60-49)57(4,5)6)55(46)63-37-62(51-22-12-13-23-52(51)63)41-16-14-17-42(35-41)65-43-24-25-45-44-18-10-11-21-50(44)64(53(45)36-43)54-34-40(28-31-61-54)58(7,8)9;/h10-34,37H,1-9H3;/q-3;. The first-order valence-electron chi connectivity index (χ1n) is 22.3. The molecule has 0 bridgehead atoms. The number of anilines is 4. The van der Waals surface area contributed by atoms with E-state index in [1.54, 1.807) is 0 Å². The van der Waals surface area contributed by atoms with Crippen molar-refractivity contribution in [3.05, 3.63) is 188 Å². The van der Waals surface area contributed by atoms with E-state index in [0.29, 0.717) is 11.5 Å². The monoisotopic (exact) mass is 1040 g/mol. The molecule has 10 rings (SSSR count). The van der Waals surface area contributed by atoms with Gasteiger partial charge in [-0.1, -0.05) is 116 Å². The molecular weight excluding hydrogens is 992 g/mol. The molecule has 0 spiro atoms. The summed E-state index contributed by atoms with van der Waals surface area (Å²) in [6.07, 6.45) is 5.75. The fourth-order valence-corrected chi connectivity index (χ4v) is 8.72. The molecule has 1 aliphatic heterocycles. The minimum atomic E-state index is -0.0542. The molecule has 5 aromatic carbocycles. The van der Waals surface area contributed by atoms with Gasteiger partial charge in [-0.15, -0.1) is 48.1 Å². The molecule has 8 heteroatoms. The molecule has 1 aliphatic rings. The fourth-order valence-electron chi connectivity index (χ4n) is 8.72. The normalized spacial score (nSPS) is 13.0. The van der Waals surface area contributed by atoms with Crippen molar-refractivity contribution in [3.63, 3.8) is 0 Å². The Morgan fingerprint density at radius 1 is 0.500 bits per heavy atom. The topological polar surface area (TPSA) is 59.3 Å². The van der Waals surface area contributed by atoms with Crippen LogP contribution in [-0.2, 0) is 37.3 Å². The quantitative estimate of drug-likeness (QED) is 0.148. The molecule has 0 atom stereocenters. The summed E-state index contributed by atoms with van der Waals surface area (Å²) in [6, 6.07) is 53.7. The van der Waals surface area contributed by atoms with E-state index in [1.807, 2.05) is 36.8 Å². The summed E-state index contributed by atoms with van der Waals surface area (Å²) in [7, 11) is 0. The Morgan fingerprint density at radius 2 is 1.05 bits per heavy atom. The van der Waals surface area contributed by atoms with Crippen LogP contribution in [-0.4, -0.2) is 19.5 Å². The Bertz CT molecular complexity index is 3180. The average Bonchev–Trinajstić information content (AvgIpc) is 3.84. The van der Waals surface area contributed by atoms with E-state index >= 15 is 0 Å². The summed E-state index contributed by atoms with van der Waals surface area (Å²) in [5, 5.41) is 2.21. The van der Waals surface area contributed by atoms with E-state index in [9.17, 15) is 0 Å². The van der Waals surface area contributed by atoms with Crippen molar-refractivity contribution in [2.24, 2.45) is 0 Å². The second-order valence-corrected chi connectivity index (χ2v) is 20.0. The zero-order chi connectivity index (χ0) is 45.3. The second kappa shape index (κ2) is 17.0. The Balaban J connectivity index is 0.00000548. The third-order valence-corrected chi connectivity index (χ3v) is 12.3. The number of benzene rings is 5. The Labute approximate surface area is 403 Å². The van der Waals surface area contributed by atoms with Gasteiger partial charge in [0.15, 0.2) is 0 Å². The fraction of sp³-hybridized carbons (Fsp3) is 0.207. The molecule has 0 unspecified atom stereocenters. The van der Waals surface area contributed by atoms with Crippen LogP contribution in [0, 0.1) is 18.8 Å². The number of nitrogens with zero attached hydrogens (tertiary/aromatic N) is 6. The summed E-state index contributed by atoms with van der Waals surface area (Å²) in [4.78, 5) is 19.3. The molecule has 0 radical (unpaired) electrons. The second-order valence-electron chi connectivity index (χ2n) is 20.0. The maximum atomic E-state index is 6.67. The number of pyridine rings is 3. The van der Waals surface area contributed by atoms with E-state index in [2.05, 4.69) is 211 Å². The molecule has 66 heavy (non-hydrogen) atoms. The summed E-state index contributed by atoms with van der Waals surface area (Å²) >= 11 is 0. The minimum absolute atomic E-state index is 0. The molecule has 0 saturated carbocycles. The SMILES string of the molecule is CC(C)(C)c1ccnc(-c2cccc(-c3cc(C(C)(C)C)ccn3)c2N2[CH-]N(c3[c-]c(Oc4[c-]c5c(cc4)c4ccccc4n5-c4cc(C(C)(C)C)ccn4)ccc3)c3ccccc32)c1.[Pt]. The minimum Gasteiger partial charge on any atom is -0.509 e. The van der Waals surface area contributed by atoms with Crippen LogP contribution in [0.15, 0.2) is 152 Å². The molecule has 5 heterocycles. The van der Waals surface area contributed by atoms with E-state index in [0.717, 1.165) is 72.9 Å². The van der Waals surface area contributed by atoms with Crippen molar-refractivity contribution in [2.45, 2.75) is 78.6 Å². The van der Waals surface area contributed by atoms with Crippen LogP contribution in [0.3, 0.4) is 0 Å².